The molecule has 2 aromatic carbocycles. The number of aryl methyl sites for hydroxylation is 2. The molecule has 0 aliphatic carbocycles. The van der Waals surface area contributed by atoms with Crippen LogP contribution in [0.2, 0.25) is 0 Å². The highest BCUT2D eigenvalue weighted by molar-refractivity contribution is 5.57. The summed E-state index contributed by atoms with van der Waals surface area (Å²) in [6, 6.07) is 17.3. The average molecular weight is 294 g/mol. The standard InChI is InChI=1S/C19H22N2O/c1-15-3-7-17(8-4-15)20-21(19-11-13-22-14-12-19)18-9-5-16(2)6-10-18/h3-11,13,19-20H,12,14H2,1-2H3. The van der Waals surface area contributed by atoms with Gasteiger partial charge in [-0.2, -0.15) is 0 Å². The van der Waals surface area contributed by atoms with Crippen LogP contribution in [0.25, 0.3) is 0 Å². The normalized spacial score (nSPS) is 16.9. The lowest BCUT2D eigenvalue weighted by Gasteiger charge is -2.34. The molecule has 0 saturated carbocycles. The third-order valence-corrected chi connectivity index (χ3v) is 3.87. The molecular weight excluding hydrogens is 272 g/mol. The summed E-state index contributed by atoms with van der Waals surface area (Å²) in [5.41, 5.74) is 8.31. The molecule has 0 aromatic heterocycles. The Balaban J connectivity index is 1.88. The van der Waals surface area contributed by atoms with Gasteiger partial charge in [0.15, 0.2) is 0 Å². The van der Waals surface area contributed by atoms with Crippen molar-refractivity contribution in [3.05, 3.63) is 72.0 Å². The van der Waals surface area contributed by atoms with E-state index in [-0.39, 0.29) is 6.04 Å². The molecular formula is C19H22N2O. The zero-order valence-electron chi connectivity index (χ0n) is 13.1. The van der Waals surface area contributed by atoms with Gasteiger partial charge < -0.3 is 4.74 Å². The molecule has 0 amide bonds. The van der Waals surface area contributed by atoms with Crippen LogP contribution in [0.5, 0.6) is 0 Å². The Bertz CT molecular complexity index is 631. The molecule has 1 aliphatic heterocycles. The van der Waals surface area contributed by atoms with E-state index >= 15 is 0 Å². The molecule has 22 heavy (non-hydrogen) atoms. The van der Waals surface area contributed by atoms with Gasteiger partial charge in [-0.05, 0) is 44.2 Å². The van der Waals surface area contributed by atoms with Gasteiger partial charge >= 0.3 is 0 Å². The summed E-state index contributed by atoms with van der Waals surface area (Å²) in [5.74, 6) is 0. The van der Waals surface area contributed by atoms with E-state index in [4.69, 9.17) is 4.74 Å². The molecule has 0 bridgehead atoms. The smallest absolute Gasteiger partial charge is 0.0896 e. The number of rotatable bonds is 4. The summed E-state index contributed by atoms with van der Waals surface area (Å²) >= 11 is 0. The topological polar surface area (TPSA) is 24.5 Å². The maximum Gasteiger partial charge on any atom is 0.0896 e. The van der Waals surface area contributed by atoms with Gasteiger partial charge in [0.2, 0.25) is 0 Å². The first-order valence-electron chi connectivity index (χ1n) is 7.70. The van der Waals surface area contributed by atoms with Gasteiger partial charge in [0, 0.05) is 6.42 Å². The van der Waals surface area contributed by atoms with Gasteiger partial charge in [0.25, 0.3) is 0 Å². The van der Waals surface area contributed by atoms with Crippen LogP contribution in [0.15, 0.2) is 60.9 Å². The van der Waals surface area contributed by atoms with Crippen molar-refractivity contribution >= 4 is 11.4 Å². The fraction of sp³-hybridized carbons (Fsp3) is 0.263. The molecule has 0 fully saturated rings. The van der Waals surface area contributed by atoms with Gasteiger partial charge in [0.1, 0.15) is 0 Å². The number of nitrogens with one attached hydrogen (secondary N) is 1. The third-order valence-electron chi connectivity index (χ3n) is 3.87. The largest absolute Gasteiger partial charge is 0.501 e. The SMILES string of the molecule is Cc1ccc(NN(c2ccc(C)cc2)C2C=COCC2)cc1. The van der Waals surface area contributed by atoms with E-state index in [1.807, 2.05) is 0 Å². The first kappa shape index (κ1) is 14.5. The minimum Gasteiger partial charge on any atom is -0.501 e. The first-order chi connectivity index (χ1) is 10.7. The Hall–Kier alpha value is -2.42. The van der Waals surface area contributed by atoms with Crippen molar-refractivity contribution in [2.24, 2.45) is 0 Å². The monoisotopic (exact) mass is 294 g/mol. The van der Waals surface area contributed by atoms with Gasteiger partial charge in [-0.25, -0.2) is 0 Å². The van der Waals surface area contributed by atoms with E-state index < -0.39 is 0 Å². The number of hydrogen-bond donors (Lipinski definition) is 1. The number of hydrogen-bond acceptors (Lipinski definition) is 3. The summed E-state index contributed by atoms with van der Waals surface area (Å²) in [6.07, 6.45) is 4.86. The average Bonchev–Trinajstić information content (AvgIpc) is 2.56. The van der Waals surface area contributed by atoms with Gasteiger partial charge in [-0.3, -0.25) is 10.4 Å². The van der Waals surface area contributed by atoms with Crippen molar-refractivity contribution in [2.45, 2.75) is 26.3 Å². The van der Waals surface area contributed by atoms with Crippen LogP contribution in [0, 0.1) is 13.8 Å². The first-order valence-corrected chi connectivity index (χ1v) is 7.70. The molecule has 3 heteroatoms. The van der Waals surface area contributed by atoms with Crippen LogP contribution < -0.4 is 10.4 Å². The molecule has 1 atom stereocenters. The van der Waals surface area contributed by atoms with Crippen molar-refractivity contribution in [3.8, 4) is 0 Å². The molecule has 1 aliphatic rings. The lowest BCUT2D eigenvalue weighted by molar-refractivity contribution is 0.222. The number of ether oxygens (including phenoxy) is 1. The molecule has 114 valence electrons. The molecule has 1 heterocycles. The van der Waals surface area contributed by atoms with Crippen molar-refractivity contribution in [1.82, 2.24) is 0 Å². The second-order valence-electron chi connectivity index (χ2n) is 5.74. The summed E-state index contributed by atoms with van der Waals surface area (Å²) < 4.78 is 5.34. The summed E-state index contributed by atoms with van der Waals surface area (Å²) in [6.45, 7) is 4.96. The van der Waals surface area contributed by atoms with Crippen molar-refractivity contribution in [3.63, 3.8) is 0 Å². The molecule has 0 spiro atoms. The highest BCUT2D eigenvalue weighted by Gasteiger charge is 2.19. The Morgan fingerprint density at radius 1 is 0.955 bits per heavy atom. The van der Waals surface area contributed by atoms with E-state index in [1.54, 1.807) is 6.26 Å². The molecule has 0 radical (unpaired) electrons. The fourth-order valence-electron chi connectivity index (χ4n) is 2.53. The van der Waals surface area contributed by atoms with Crippen LogP contribution in [0.4, 0.5) is 11.4 Å². The van der Waals surface area contributed by atoms with E-state index in [0.29, 0.717) is 0 Å². The van der Waals surface area contributed by atoms with Crippen LogP contribution in [-0.2, 0) is 4.74 Å². The van der Waals surface area contributed by atoms with E-state index in [0.717, 1.165) is 24.4 Å². The zero-order valence-corrected chi connectivity index (χ0v) is 13.1. The molecule has 1 N–H and O–H groups in total. The Morgan fingerprint density at radius 2 is 1.59 bits per heavy atom. The second-order valence-corrected chi connectivity index (χ2v) is 5.74. The lowest BCUT2D eigenvalue weighted by Crippen LogP contribution is -2.40. The van der Waals surface area contributed by atoms with Crippen LogP contribution in [0.1, 0.15) is 17.5 Å². The molecule has 3 rings (SSSR count). The lowest BCUT2D eigenvalue weighted by atomic mass is 10.1. The summed E-state index contributed by atoms with van der Waals surface area (Å²) in [4.78, 5) is 0. The van der Waals surface area contributed by atoms with Crippen LogP contribution in [0.3, 0.4) is 0 Å². The maximum atomic E-state index is 5.34. The van der Waals surface area contributed by atoms with E-state index in [9.17, 15) is 0 Å². The van der Waals surface area contributed by atoms with Gasteiger partial charge in [-0.15, -0.1) is 0 Å². The van der Waals surface area contributed by atoms with Crippen molar-refractivity contribution < 1.29 is 4.74 Å². The van der Waals surface area contributed by atoms with Crippen molar-refractivity contribution in [2.75, 3.05) is 17.0 Å². The second kappa shape index (κ2) is 6.56. The minimum absolute atomic E-state index is 0.276. The number of hydrazine groups is 1. The zero-order chi connectivity index (χ0) is 15.4. The minimum atomic E-state index is 0.276. The summed E-state index contributed by atoms with van der Waals surface area (Å²) in [5, 5.41) is 2.21. The highest BCUT2D eigenvalue weighted by Crippen LogP contribution is 2.23. The number of anilines is 2. The summed E-state index contributed by atoms with van der Waals surface area (Å²) in [7, 11) is 0. The molecule has 1 unspecified atom stereocenters. The Labute approximate surface area is 132 Å². The van der Waals surface area contributed by atoms with Crippen LogP contribution >= 0.6 is 0 Å². The van der Waals surface area contributed by atoms with Crippen molar-refractivity contribution in [1.29, 1.82) is 0 Å². The molecule has 2 aromatic rings. The predicted molar refractivity (Wildman–Crippen MR) is 92.0 cm³/mol. The van der Waals surface area contributed by atoms with Crippen LogP contribution in [-0.4, -0.2) is 12.6 Å². The molecule has 3 nitrogen and oxygen atoms in total. The van der Waals surface area contributed by atoms with E-state index in [1.165, 1.54) is 11.1 Å². The van der Waals surface area contributed by atoms with E-state index in [2.05, 4.69) is 78.9 Å². The van der Waals surface area contributed by atoms with Gasteiger partial charge in [0.05, 0.1) is 30.3 Å². The highest BCUT2D eigenvalue weighted by atomic mass is 16.5. The maximum absolute atomic E-state index is 5.34. The molecule has 0 saturated heterocycles. The number of nitrogens with zero attached hydrogens (tertiary/aromatic N) is 1. The quantitative estimate of drug-likeness (QED) is 0.844. The number of benzene rings is 2. The Morgan fingerprint density at radius 3 is 2.18 bits per heavy atom. The van der Waals surface area contributed by atoms with Gasteiger partial charge in [-0.1, -0.05) is 35.4 Å². The third kappa shape index (κ3) is 3.42. The predicted octanol–water partition coefficient (Wildman–Crippen LogP) is 4.44. The fourth-order valence-corrected chi connectivity index (χ4v) is 2.53. The Kier molecular flexibility index (Phi) is 4.33.